The molecular weight excluding hydrogens is 244 g/mol. The molecular formula is C11H11ClN2O3. The number of carboxylic acids is 1. The minimum absolute atomic E-state index is 0.116. The highest BCUT2D eigenvalue weighted by Crippen LogP contribution is 2.45. The fourth-order valence-electron chi connectivity index (χ4n) is 1.52. The van der Waals surface area contributed by atoms with Crippen molar-refractivity contribution in [3.05, 3.63) is 29.0 Å². The molecule has 0 atom stereocenters. The van der Waals surface area contributed by atoms with Gasteiger partial charge in [-0.2, -0.15) is 0 Å². The number of rotatable bonds is 4. The van der Waals surface area contributed by atoms with Crippen molar-refractivity contribution >= 4 is 23.5 Å². The second-order valence-corrected chi connectivity index (χ2v) is 4.47. The molecule has 5 nitrogen and oxygen atoms in total. The van der Waals surface area contributed by atoms with Crippen LogP contribution in [0.15, 0.2) is 18.3 Å². The molecule has 6 heteroatoms. The van der Waals surface area contributed by atoms with Gasteiger partial charge in [0.1, 0.15) is 5.15 Å². The summed E-state index contributed by atoms with van der Waals surface area (Å²) in [5.41, 5.74) is -0.514. The van der Waals surface area contributed by atoms with E-state index in [1.54, 1.807) is 12.1 Å². The smallest absolute Gasteiger partial charge is 0.311 e. The molecule has 1 fully saturated rings. The number of amides is 1. The summed E-state index contributed by atoms with van der Waals surface area (Å²) in [5, 5.41) is 11.6. The Labute approximate surface area is 103 Å². The molecule has 1 aliphatic carbocycles. The van der Waals surface area contributed by atoms with E-state index < -0.39 is 17.3 Å². The molecule has 1 aliphatic rings. The molecule has 1 aromatic rings. The second-order valence-electron chi connectivity index (χ2n) is 4.11. The monoisotopic (exact) mass is 254 g/mol. The summed E-state index contributed by atoms with van der Waals surface area (Å²) in [6.07, 6.45) is 2.69. The number of hydrogen-bond donors (Lipinski definition) is 2. The number of carboxylic acid groups (broad SMARTS) is 1. The van der Waals surface area contributed by atoms with Crippen molar-refractivity contribution < 1.29 is 14.7 Å². The zero-order valence-corrected chi connectivity index (χ0v) is 9.70. The van der Waals surface area contributed by atoms with Gasteiger partial charge in [-0.3, -0.25) is 9.59 Å². The van der Waals surface area contributed by atoms with Crippen LogP contribution in [-0.4, -0.2) is 28.5 Å². The molecule has 17 heavy (non-hydrogen) atoms. The van der Waals surface area contributed by atoms with Gasteiger partial charge in [-0.25, -0.2) is 4.98 Å². The summed E-state index contributed by atoms with van der Waals surface area (Å²) in [6, 6.07) is 3.15. The highest BCUT2D eigenvalue weighted by atomic mass is 35.5. The molecule has 1 saturated carbocycles. The van der Waals surface area contributed by atoms with Crippen LogP contribution in [-0.2, 0) is 4.79 Å². The SMILES string of the molecule is O=C(NCC1(C(=O)O)CC1)c1cccnc1Cl. The predicted octanol–water partition coefficient (Wildman–Crippen LogP) is 1.33. The maximum absolute atomic E-state index is 11.7. The lowest BCUT2D eigenvalue weighted by atomic mass is 10.1. The number of nitrogens with one attached hydrogen (secondary N) is 1. The van der Waals surface area contributed by atoms with Crippen LogP contribution in [0.5, 0.6) is 0 Å². The first-order valence-electron chi connectivity index (χ1n) is 5.17. The standard InChI is InChI=1S/C11H11ClN2O3/c12-8-7(2-1-5-13-8)9(15)14-6-11(3-4-11)10(16)17/h1-2,5H,3-4,6H2,(H,14,15)(H,16,17). The van der Waals surface area contributed by atoms with Crippen LogP contribution in [0.4, 0.5) is 0 Å². The van der Waals surface area contributed by atoms with E-state index in [-0.39, 0.29) is 17.3 Å². The lowest BCUT2D eigenvalue weighted by Crippen LogP contribution is -2.34. The highest BCUT2D eigenvalue weighted by Gasteiger charge is 2.50. The second kappa shape index (κ2) is 4.33. The molecule has 2 rings (SSSR count). The number of aromatic nitrogens is 1. The van der Waals surface area contributed by atoms with Crippen LogP contribution in [0.2, 0.25) is 5.15 Å². The summed E-state index contributed by atoms with van der Waals surface area (Å²) < 4.78 is 0. The van der Waals surface area contributed by atoms with Gasteiger partial charge in [0, 0.05) is 12.7 Å². The predicted molar refractivity (Wildman–Crippen MR) is 60.9 cm³/mol. The van der Waals surface area contributed by atoms with Gasteiger partial charge in [-0.05, 0) is 25.0 Å². The number of hydrogen-bond acceptors (Lipinski definition) is 3. The minimum Gasteiger partial charge on any atom is -0.481 e. The Morgan fingerprint density at radius 2 is 2.24 bits per heavy atom. The largest absolute Gasteiger partial charge is 0.481 e. The Morgan fingerprint density at radius 3 is 2.76 bits per heavy atom. The fourth-order valence-corrected chi connectivity index (χ4v) is 1.72. The average Bonchev–Trinajstić information content (AvgIpc) is 3.07. The van der Waals surface area contributed by atoms with Crippen molar-refractivity contribution in [2.24, 2.45) is 5.41 Å². The molecule has 0 radical (unpaired) electrons. The summed E-state index contributed by atoms with van der Waals surface area (Å²) in [4.78, 5) is 26.4. The van der Waals surface area contributed by atoms with Crippen molar-refractivity contribution in [1.29, 1.82) is 0 Å². The number of nitrogens with zero attached hydrogens (tertiary/aromatic N) is 1. The molecule has 0 aliphatic heterocycles. The number of aliphatic carboxylic acids is 1. The molecule has 0 saturated heterocycles. The van der Waals surface area contributed by atoms with E-state index >= 15 is 0 Å². The van der Waals surface area contributed by atoms with Gasteiger partial charge >= 0.3 is 5.97 Å². The first kappa shape index (κ1) is 11.9. The van der Waals surface area contributed by atoms with Gasteiger partial charge in [0.05, 0.1) is 11.0 Å². The Balaban J connectivity index is 1.99. The molecule has 0 aromatic carbocycles. The van der Waals surface area contributed by atoms with Crippen LogP contribution >= 0.6 is 11.6 Å². The molecule has 1 amide bonds. The molecule has 0 unspecified atom stereocenters. The Kier molecular flexibility index (Phi) is 3.02. The minimum atomic E-state index is -0.866. The van der Waals surface area contributed by atoms with Crippen LogP contribution in [0.1, 0.15) is 23.2 Å². The van der Waals surface area contributed by atoms with Crippen LogP contribution < -0.4 is 5.32 Å². The van der Waals surface area contributed by atoms with Crippen LogP contribution in [0, 0.1) is 5.41 Å². The van der Waals surface area contributed by atoms with E-state index in [4.69, 9.17) is 16.7 Å². The first-order valence-corrected chi connectivity index (χ1v) is 5.55. The highest BCUT2D eigenvalue weighted by molar-refractivity contribution is 6.32. The van der Waals surface area contributed by atoms with E-state index in [2.05, 4.69) is 10.3 Å². The Bertz CT molecular complexity index is 472. The summed E-state index contributed by atoms with van der Waals surface area (Å²) in [7, 11) is 0. The van der Waals surface area contributed by atoms with E-state index in [9.17, 15) is 9.59 Å². The summed E-state index contributed by atoms with van der Waals surface area (Å²) >= 11 is 5.76. The van der Waals surface area contributed by atoms with Crippen LogP contribution in [0.3, 0.4) is 0 Å². The van der Waals surface area contributed by atoms with Gasteiger partial charge in [-0.15, -0.1) is 0 Å². The Hall–Kier alpha value is -1.62. The Morgan fingerprint density at radius 1 is 1.53 bits per heavy atom. The molecule has 0 spiro atoms. The number of carbonyl (C=O) groups excluding carboxylic acids is 1. The van der Waals surface area contributed by atoms with Gasteiger partial charge in [-0.1, -0.05) is 11.6 Å². The molecule has 90 valence electrons. The molecule has 1 aromatic heterocycles. The molecule has 1 heterocycles. The lowest BCUT2D eigenvalue weighted by molar-refractivity contribution is -0.143. The number of carbonyl (C=O) groups is 2. The fraction of sp³-hybridized carbons (Fsp3) is 0.364. The third-order valence-electron chi connectivity index (χ3n) is 2.90. The number of pyridine rings is 1. The summed E-state index contributed by atoms with van der Waals surface area (Å²) in [5.74, 6) is -1.26. The quantitative estimate of drug-likeness (QED) is 0.795. The molecule has 0 bridgehead atoms. The average molecular weight is 255 g/mol. The van der Waals surface area contributed by atoms with Gasteiger partial charge < -0.3 is 10.4 Å². The zero-order valence-electron chi connectivity index (χ0n) is 8.94. The first-order chi connectivity index (χ1) is 8.05. The van der Waals surface area contributed by atoms with E-state index in [1.165, 1.54) is 6.20 Å². The molecule has 2 N–H and O–H groups in total. The van der Waals surface area contributed by atoms with E-state index in [0.29, 0.717) is 12.8 Å². The van der Waals surface area contributed by atoms with Gasteiger partial charge in [0.2, 0.25) is 0 Å². The summed E-state index contributed by atoms with van der Waals surface area (Å²) in [6.45, 7) is 0.131. The third-order valence-corrected chi connectivity index (χ3v) is 3.20. The maximum Gasteiger partial charge on any atom is 0.311 e. The van der Waals surface area contributed by atoms with Crippen molar-refractivity contribution in [2.45, 2.75) is 12.8 Å². The van der Waals surface area contributed by atoms with E-state index in [0.717, 1.165) is 0 Å². The zero-order chi connectivity index (χ0) is 12.5. The van der Waals surface area contributed by atoms with Gasteiger partial charge in [0.15, 0.2) is 0 Å². The van der Waals surface area contributed by atoms with Crippen molar-refractivity contribution in [3.8, 4) is 0 Å². The van der Waals surface area contributed by atoms with E-state index in [1.807, 2.05) is 0 Å². The van der Waals surface area contributed by atoms with Crippen LogP contribution in [0.25, 0.3) is 0 Å². The maximum atomic E-state index is 11.7. The normalized spacial score (nSPS) is 16.3. The van der Waals surface area contributed by atoms with Crippen molar-refractivity contribution in [2.75, 3.05) is 6.54 Å². The topological polar surface area (TPSA) is 79.3 Å². The van der Waals surface area contributed by atoms with Crippen molar-refractivity contribution in [3.63, 3.8) is 0 Å². The lowest BCUT2D eigenvalue weighted by Gasteiger charge is -2.11. The van der Waals surface area contributed by atoms with Gasteiger partial charge in [0.25, 0.3) is 5.91 Å². The third kappa shape index (κ3) is 2.39. The number of halogens is 1. The van der Waals surface area contributed by atoms with Crippen molar-refractivity contribution in [1.82, 2.24) is 10.3 Å².